The molecule has 0 heterocycles. The van der Waals surface area contributed by atoms with Crippen LogP contribution in [0.25, 0.3) is 0 Å². The van der Waals surface area contributed by atoms with Gasteiger partial charge in [-0.2, -0.15) is 0 Å². The lowest BCUT2D eigenvalue weighted by Gasteiger charge is -2.15. The van der Waals surface area contributed by atoms with Gasteiger partial charge in [-0.05, 0) is 19.4 Å². The van der Waals surface area contributed by atoms with Crippen molar-refractivity contribution in [3.8, 4) is 5.75 Å². The summed E-state index contributed by atoms with van der Waals surface area (Å²) in [6, 6.07) is 8.11. The lowest BCUT2D eigenvalue weighted by atomic mass is 10.0. The van der Waals surface area contributed by atoms with E-state index < -0.39 is 0 Å². The second kappa shape index (κ2) is 7.55. The van der Waals surface area contributed by atoms with E-state index in [0.29, 0.717) is 6.61 Å². The Labute approximate surface area is 98.2 Å². The van der Waals surface area contributed by atoms with Gasteiger partial charge in [0.1, 0.15) is 5.75 Å². The largest absolute Gasteiger partial charge is 0.494 e. The quantitative estimate of drug-likeness (QED) is 0.841. The van der Waals surface area contributed by atoms with E-state index in [1.165, 1.54) is 0 Å². The number of ether oxygens (including phenoxy) is 1. The van der Waals surface area contributed by atoms with E-state index in [1.807, 2.05) is 31.2 Å². The van der Waals surface area contributed by atoms with Crippen molar-refractivity contribution in [2.75, 3.05) is 6.61 Å². The van der Waals surface area contributed by atoms with Crippen LogP contribution in [-0.2, 0) is 0 Å². The highest BCUT2D eigenvalue weighted by molar-refractivity contribution is 5.85. The number of nitrogens with two attached hydrogens (primary N) is 1. The Morgan fingerprint density at radius 3 is 2.53 bits per heavy atom. The second-order valence-electron chi connectivity index (χ2n) is 3.37. The Bertz CT molecular complexity index is 278. The van der Waals surface area contributed by atoms with Crippen molar-refractivity contribution in [3.63, 3.8) is 0 Å². The van der Waals surface area contributed by atoms with E-state index in [1.54, 1.807) is 0 Å². The number of rotatable bonds is 5. The number of halogens is 1. The normalized spacial score (nSPS) is 11.7. The maximum atomic E-state index is 6.06. The molecule has 0 spiro atoms. The average molecular weight is 230 g/mol. The molecule has 0 unspecified atom stereocenters. The van der Waals surface area contributed by atoms with Crippen LogP contribution in [0.4, 0.5) is 0 Å². The Kier molecular flexibility index (Phi) is 7.18. The van der Waals surface area contributed by atoms with Crippen LogP contribution in [0.2, 0.25) is 0 Å². The molecule has 0 radical (unpaired) electrons. The summed E-state index contributed by atoms with van der Waals surface area (Å²) in [5.41, 5.74) is 7.18. The summed E-state index contributed by atoms with van der Waals surface area (Å²) in [7, 11) is 0. The molecule has 0 aliphatic rings. The van der Waals surface area contributed by atoms with Gasteiger partial charge in [-0.3, -0.25) is 0 Å². The minimum atomic E-state index is 0. The van der Waals surface area contributed by atoms with Crippen molar-refractivity contribution in [2.24, 2.45) is 5.73 Å². The van der Waals surface area contributed by atoms with Crippen molar-refractivity contribution in [2.45, 2.75) is 32.7 Å². The SMILES string of the molecule is CCC[C@@H](N)c1ccccc1OCC.Cl. The van der Waals surface area contributed by atoms with Gasteiger partial charge in [0.05, 0.1) is 6.61 Å². The maximum Gasteiger partial charge on any atom is 0.124 e. The Morgan fingerprint density at radius 2 is 1.93 bits per heavy atom. The Balaban J connectivity index is 0.00000196. The summed E-state index contributed by atoms with van der Waals surface area (Å²) in [5.74, 6) is 0.927. The minimum absolute atomic E-state index is 0. The highest BCUT2D eigenvalue weighted by atomic mass is 35.5. The summed E-state index contributed by atoms with van der Waals surface area (Å²) < 4.78 is 5.52. The fourth-order valence-electron chi connectivity index (χ4n) is 1.54. The molecule has 0 aliphatic heterocycles. The molecule has 0 aliphatic carbocycles. The average Bonchev–Trinajstić information content (AvgIpc) is 2.19. The lowest BCUT2D eigenvalue weighted by Crippen LogP contribution is -2.11. The second-order valence-corrected chi connectivity index (χ2v) is 3.37. The van der Waals surface area contributed by atoms with Gasteiger partial charge in [0.25, 0.3) is 0 Å². The summed E-state index contributed by atoms with van der Waals surface area (Å²) in [4.78, 5) is 0. The molecule has 1 aromatic rings. The van der Waals surface area contributed by atoms with Gasteiger partial charge in [0.15, 0.2) is 0 Å². The molecule has 15 heavy (non-hydrogen) atoms. The monoisotopic (exact) mass is 229 g/mol. The molecule has 1 aromatic carbocycles. The molecule has 86 valence electrons. The van der Waals surface area contributed by atoms with Crippen LogP contribution in [-0.4, -0.2) is 6.61 Å². The van der Waals surface area contributed by atoms with Gasteiger partial charge in [-0.15, -0.1) is 12.4 Å². The zero-order chi connectivity index (χ0) is 10.4. The number of hydrogen-bond donors (Lipinski definition) is 1. The molecule has 0 fully saturated rings. The van der Waals surface area contributed by atoms with E-state index in [9.17, 15) is 0 Å². The number of hydrogen-bond acceptors (Lipinski definition) is 2. The first-order chi connectivity index (χ1) is 6.79. The molecular weight excluding hydrogens is 210 g/mol. The molecule has 3 heteroatoms. The van der Waals surface area contributed by atoms with E-state index in [0.717, 1.165) is 24.2 Å². The molecule has 0 amide bonds. The van der Waals surface area contributed by atoms with E-state index in [-0.39, 0.29) is 18.4 Å². The molecule has 0 saturated heterocycles. The summed E-state index contributed by atoms with van der Waals surface area (Å²) in [6.07, 6.45) is 2.10. The zero-order valence-electron chi connectivity index (χ0n) is 9.40. The first kappa shape index (κ1) is 14.3. The van der Waals surface area contributed by atoms with Gasteiger partial charge in [0.2, 0.25) is 0 Å². The molecule has 1 rings (SSSR count). The number of para-hydroxylation sites is 1. The fourth-order valence-corrected chi connectivity index (χ4v) is 1.54. The predicted molar refractivity (Wildman–Crippen MR) is 66.7 cm³/mol. The maximum absolute atomic E-state index is 6.06. The van der Waals surface area contributed by atoms with Crippen LogP contribution in [0, 0.1) is 0 Å². The van der Waals surface area contributed by atoms with E-state index in [2.05, 4.69) is 6.92 Å². The van der Waals surface area contributed by atoms with Crippen molar-refractivity contribution >= 4 is 12.4 Å². The van der Waals surface area contributed by atoms with Crippen molar-refractivity contribution in [3.05, 3.63) is 29.8 Å². The summed E-state index contributed by atoms with van der Waals surface area (Å²) in [6.45, 7) is 4.82. The van der Waals surface area contributed by atoms with E-state index >= 15 is 0 Å². The highest BCUT2D eigenvalue weighted by Crippen LogP contribution is 2.26. The van der Waals surface area contributed by atoms with Crippen LogP contribution in [0.5, 0.6) is 5.75 Å². The fraction of sp³-hybridized carbons (Fsp3) is 0.500. The predicted octanol–water partition coefficient (Wildman–Crippen LogP) is 3.31. The van der Waals surface area contributed by atoms with Crippen LogP contribution in [0.15, 0.2) is 24.3 Å². The Hall–Kier alpha value is -0.730. The van der Waals surface area contributed by atoms with E-state index in [4.69, 9.17) is 10.5 Å². The van der Waals surface area contributed by atoms with Gasteiger partial charge in [-0.25, -0.2) is 0 Å². The van der Waals surface area contributed by atoms with Gasteiger partial charge in [-0.1, -0.05) is 31.5 Å². The van der Waals surface area contributed by atoms with Crippen molar-refractivity contribution < 1.29 is 4.74 Å². The van der Waals surface area contributed by atoms with Crippen LogP contribution in [0.1, 0.15) is 38.3 Å². The first-order valence-electron chi connectivity index (χ1n) is 5.26. The standard InChI is InChI=1S/C12H19NO.ClH/c1-3-7-11(13)10-8-5-6-9-12(10)14-4-2;/h5-6,8-9,11H,3-4,7,13H2,1-2H3;1H/t11-;/m1./s1. The molecule has 0 bridgehead atoms. The van der Waals surface area contributed by atoms with Gasteiger partial charge >= 0.3 is 0 Å². The van der Waals surface area contributed by atoms with Crippen molar-refractivity contribution in [1.29, 1.82) is 0 Å². The smallest absolute Gasteiger partial charge is 0.124 e. The number of benzene rings is 1. The Morgan fingerprint density at radius 1 is 1.27 bits per heavy atom. The lowest BCUT2D eigenvalue weighted by molar-refractivity contribution is 0.333. The molecule has 0 saturated carbocycles. The summed E-state index contributed by atoms with van der Waals surface area (Å²) in [5, 5.41) is 0. The molecule has 1 atom stereocenters. The van der Waals surface area contributed by atoms with Crippen LogP contribution in [0.3, 0.4) is 0 Å². The van der Waals surface area contributed by atoms with Gasteiger partial charge in [0, 0.05) is 11.6 Å². The third-order valence-electron chi connectivity index (χ3n) is 2.22. The molecule has 2 nitrogen and oxygen atoms in total. The van der Waals surface area contributed by atoms with Gasteiger partial charge < -0.3 is 10.5 Å². The molecule has 2 N–H and O–H groups in total. The molecule has 0 aromatic heterocycles. The van der Waals surface area contributed by atoms with Crippen LogP contribution >= 0.6 is 12.4 Å². The first-order valence-corrected chi connectivity index (χ1v) is 5.26. The third kappa shape index (κ3) is 4.10. The topological polar surface area (TPSA) is 35.2 Å². The zero-order valence-corrected chi connectivity index (χ0v) is 10.2. The van der Waals surface area contributed by atoms with Crippen LogP contribution < -0.4 is 10.5 Å². The third-order valence-corrected chi connectivity index (χ3v) is 2.22. The highest BCUT2D eigenvalue weighted by Gasteiger charge is 2.09. The minimum Gasteiger partial charge on any atom is -0.494 e. The van der Waals surface area contributed by atoms with Crippen molar-refractivity contribution in [1.82, 2.24) is 0 Å². The summed E-state index contributed by atoms with van der Waals surface area (Å²) >= 11 is 0. The molecular formula is C12H20ClNO.